The number of hydrogen-bond donors (Lipinski definition) is 3. The van der Waals surface area contributed by atoms with Crippen molar-refractivity contribution in [1.29, 1.82) is 0 Å². The third kappa shape index (κ3) is 3.06. The minimum Gasteiger partial charge on any atom is -0.343 e. The number of rotatable bonds is 2. The first-order valence-corrected chi connectivity index (χ1v) is 8.11. The fraction of sp³-hybridized carbons (Fsp3) is 0.471. The lowest BCUT2D eigenvalue weighted by atomic mass is 10.1. The Labute approximate surface area is 140 Å². The van der Waals surface area contributed by atoms with Crippen LogP contribution in [0.3, 0.4) is 0 Å². The van der Waals surface area contributed by atoms with Gasteiger partial charge in [0, 0.05) is 12.2 Å². The van der Waals surface area contributed by atoms with Gasteiger partial charge in [-0.2, -0.15) is 0 Å². The molecule has 128 valence electrons. The zero-order valence-electron chi connectivity index (χ0n) is 14.1. The lowest BCUT2D eigenvalue weighted by molar-refractivity contribution is -0.146. The summed E-state index contributed by atoms with van der Waals surface area (Å²) in [6.45, 7) is 6.03. The number of aryl methyl sites for hydroxylation is 2. The van der Waals surface area contributed by atoms with Gasteiger partial charge in [0.1, 0.15) is 12.1 Å². The van der Waals surface area contributed by atoms with Gasteiger partial charge in [-0.15, -0.1) is 0 Å². The maximum Gasteiger partial charge on any atom is 0.319 e. The van der Waals surface area contributed by atoms with E-state index in [1.807, 2.05) is 32.0 Å². The second kappa shape index (κ2) is 6.14. The highest BCUT2D eigenvalue weighted by molar-refractivity contribution is 5.97. The Morgan fingerprint density at radius 1 is 1.25 bits per heavy atom. The van der Waals surface area contributed by atoms with Crippen molar-refractivity contribution in [2.75, 3.05) is 11.9 Å². The summed E-state index contributed by atoms with van der Waals surface area (Å²) >= 11 is 0. The number of nitrogens with one attached hydrogen (secondary N) is 3. The molecular weight excluding hydrogens is 308 g/mol. The summed E-state index contributed by atoms with van der Waals surface area (Å²) in [5.74, 6) is -0.251. The van der Waals surface area contributed by atoms with Gasteiger partial charge < -0.3 is 20.9 Å². The highest BCUT2D eigenvalue weighted by Gasteiger charge is 2.45. The molecule has 4 amide bonds. The van der Waals surface area contributed by atoms with E-state index in [1.165, 1.54) is 0 Å². The first-order chi connectivity index (χ1) is 11.3. The van der Waals surface area contributed by atoms with Gasteiger partial charge in [0.15, 0.2) is 0 Å². The van der Waals surface area contributed by atoms with E-state index >= 15 is 0 Å². The number of hydrogen-bond acceptors (Lipinski definition) is 3. The van der Waals surface area contributed by atoms with E-state index in [9.17, 15) is 14.4 Å². The summed E-state index contributed by atoms with van der Waals surface area (Å²) in [4.78, 5) is 37.8. The highest BCUT2D eigenvalue weighted by atomic mass is 16.2. The van der Waals surface area contributed by atoms with Gasteiger partial charge in [0.25, 0.3) is 0 Å². The summed E-state index contributed by atoms with van der Waals surface area (Å²) in [5, 5.41) is 8.31. The number of fused-ring (bicyclic) bond motifs is 1. The van der Waals surface area contributed by atoms with Crippen molar-refractivity contribution in [2.45, 2.75) is 45.3 Å². The molecule has 1 aromatic carbocycles. The van der Waals surface area contributed by atoms with Crippen LogP contribution < -0.4 is 16.0 Å². The maximum atomic E-state index is 12.2. The van der Waals surface area contributed by atoms with Crippen LogP contribution in [0.5, 0.6) is 0 Å². The van der Waals surface area contributed by atoms with Crippen molar-refractivity contribution >= 4 is 23.5 Å². The molecule has 2 aliphatic rings. The second-order valence-electron chi connectivity index (χ2n) is 6.57. The van der Waals surface area contributed by atoms with Crippen LogP contribution in [0.2, 0.25) is 0 Å². The molecule has 2 fully saturated rings. The Balaban J connectivity index is 1.60. The van der Waals surface area contributed by atoms with Crippen LogP contribution in [0.4, 0.5) is 10.5 Å². The molecule has 0 unspecified atom stereocenters. The number of nitrogens with zero attached hydrogens (tertiary/aromatic N) is 1. The minimum absolute atomic E-state index is 0.0986. The smallest absolute Gasteiger partial charge is 0.319 e. The SMILES string of the molecule is Cc1ccc(NC(=O)N[C@H]2C[C@H]3C(=O)N[C@@H](C)C(=O)N3C2)cc1C. The third-order valence-electron chi connectivity index (χ3n) is 4.72. The molecular formula is C17H22N4O3. The number of amides is 4. The quantitative estimate of drug-likeness (QED) is 0.753. The predicted octanol–water partition coefficient (Wildman–Crippen LogP) is 0.913. The topological polar surface area (TPSA) is 90.5 Å². The molecule has 0 aromatic heterocycles. The van der Waals surface area contributed by atoms with Crippen molar-refractivity contribution in [2.24, 2.45) is 0 Å². The molecule has 24 heavy (non-hydrogen) atoms. The van der Waals surface area contributed by atoms with Gasteiger partial charge in [0.05, 0.1) is 6.04 Å². The van der Waals surface area contributed by atoms with Crippen LogP contribution in [-0.2, 0) is 9.59 Å². The molecule has 0 radical (unpaired) electrons. The van der Waals surface area contributed by atoms with Crippen molar-refractivity contribution in [3.05, 3.63) is 29.3 Å². The van der Waals surface area contributed by atoms with Gasteiger partial charge in [-0.3, -0.25) is 9.59 Å². The number of urea groups is 1. The van der Waals surface area contributed by atoms with E-state index in [0.29, 0.717) is 18.7 Å². The average molecular weight is 330 g/mol. The summed E-state index contributed by atoms with van der Waals surface area (Å²) in [5.41, 5.74) is 2.98. The summed E-state index contributed by atoms with van der Waals surface area (Å²) < 4.78 is 0. The summed E-state index contributed by atoms with van der Waals surface area (Å²) in [7, 11) is 0. The molecule has 1 aromatic rings. The van der Waals surface area contributed by atoms with E-state index in [4.69, 9.17) is 0 Å². The standard InChI is InChI=1S/C17H22N4O3/c1-9-4-5-12(6-10(9)2)19-17(24)20-13-7-14-15(22)18-11(3)16(23)21(14)8-13/h4-6,11,13-14H,7-8H2,1-3H3,(H,18,22)(H2,19,20,24)/t11-,13-,14-/m0/s1. The third-order valence-corrected chi connectivity index (χ3v) is 4.72. The van der Waals surface area contributed by atoms with Gasteiger partial charge in [0.2, 0.25) is 11.8 Å². The predicted molar refractivity (Wildman–Crippen MR) is 89.6 cm³/mol. The van der Waals surface area contributed by atoms with Crippen LogP contribution in [0, 0.1) is 13.8 Å². The minimum atomic E-state index is -0.503. The normalized spacial score (nSPS) is 26.0. The number of benzene rings is 1. The van der Waals surface area contributed by atoms with E-state index in [-0.39, 0.29) is 23.9 Å². The molecule has 7 nitrogen and oxygen atoms in total. The zero-order chi connectivity index (χ0) is 17.4. The van der Waals surface area contributed by atoms with Crippen molar-refractivity contribution in [3.8, 4) is 0 Å². The highest BCUT2D eigenvalue weighted by Crippen LogP contribution is 2.22. The van der Waals surface area contributed by atoms with Gasteiger partial charge in [-0.05, 0) is 50.5 Å². The fourth-order valence-corrected chi connectivity index (χ4v) is 3.22. The summed E-state index contributed by atoms with van der Waals surface area (Å²) in [6.07, 6.45) is 0.435. The van der Waals surface area contributed by atoms with E-state index in [2.05, 4.69) is 16.0 Å². The average Bonchev–Trinajstić information content (AvgIpc) is 2.93. The molecule has 3 rings (SSSR count). The number of carbonyl (C=O) groups excluding carboxylic acids is 3. The van der Waals surface area contributed by atoms with E-state index < -0.39 is 12.1 Å². The van der Waals surface area contributed by atoms with E-state index in [0.717, 1.165) is 11.1 Å². The molecule has 0 spiro atoms. The Kier molecular flexibility index (Phi) is 4.17. The number of piperazine rings is 1. The van der Waals surface area contributed by atoms with Crippen LogP contribution in [0.15, 0.2) is 18.2 Å². The molecule has 2 aliphatic heterocycles. The number of carbonyl (C=O) groups is 3. The molecule has 0 saturated carbocycles. The van der Waals surface area contributed by atoms with Crippen LogP contribution in [0.1, 0.15) is 24.5 Å². The first kappa shape index (κ1) is 16.3. The van der Waals surface area contributed by atoms with Crippen LogP contribution in [0.25, 0.3) is 0 Å². The largest absolute Gasteiger partial charge is 0.343 e. The molecule has 0 aliphatic carbocycles. The molecule has 7 heteroatoms. The second-order valence-corrected chi connectivity index (χ2v) is 6.57. The molecule has 2 saturated heterocycles. The van der Waals surface area contributed by atoms with Crippen LogP contribution in [-0.4, -0.2) is 47.4 Å². The Morgan fingerprint density at radius 3 is 2.71 bits per heavy atom. The monoisotopic (exact) mass is 330 g/mol. The van der Waals surface area contributed by atoms with Crippen molar-refractivity contribution in [3.63, 3.8) is 0 Å². The summed E-state index contributed by atoms with van der Waals surface area (Å²) in [6, 6.07) is 4.15. The van der Waals surface area contributed by atoms with Crippen molar-refractivity contribution < 1.29 is 14.4 Å². The van der Waals surface area contributed by atoms with Gasteiger partial charge >= 0.3 is 6.03 Å². The fourth-order valence-electron chi connectivity index (χ4n) is 3.22. The maximum absolute atomic E-state index is 12.2. The molecule has 2 heterocycles. The van der Waals surface area contributed by atoms with Crippen molar-refractivity contribution in [1.82, 2.24) is 15.5 Å². The molecule has 3 N–H and O–H groups in total. The van der Waals surface area contributed by atoms with Gasteiger partial charge in [-0.1, -0.05) is 6.07 Å². The number of anilines is 1. The van der Waals surface area contributed by atoms with E-state index in [1.54, 1.807) is 11.8 Å². The zero-order valence-corrected chi connectivity index (χ0v) is 14.1. The van der Waals surface area contributed by atoms with Crippen LogP contribution >= 0.6 is 0 Å². The Bertz CT molecular complexity index is 703. The molecule has 3 atom stereocenters. The lowest BCUT2D eigenvalue weighted by Gasteiger charge is -2.32. The molecule has 0 bridgehead atoms. The van der Waals surface area contributed by atoms with Gasteiger partial charge in [-0.25, -0.2) is 4.79 Å². The Morgan fingerprint density at radius 2 is 2.00 bits per heavy atom. The Hall–Kier alpha value is -2.57. The lowest BCUT2D eigenvalue weighted by Crippen LogP contribution is -2.60. The first-order valence-electron chi connectivity index (χ1n) is 8.11.